The Morgan fingerprint density at radius 3 is 2.58 bits per heavy atom. The Labute approximate surface area is 197 Å². The zero-order valence-electron chi connectivity index (χ0n) is 18.6. The number of aryl methyl sites for hydroxylation is 1. The van der Waals surface area contributed by atoms with Crippen molar-refractivity contribution >= 4 is 34.0 Å². The van der Waals surface area contributed by atoms with E-state index in [1.807, 2.05) is 61.5 Å². The normalized spacial score (nSPS) is 11.9. The summed E-state index contributed by atoms with van der Waals surface area (Å²) in [6, 6.07) is 24.2. The van der Waals surface area contributed by atoms with Crippen molar-refractivity contribution in [2.75, 3.05) is 11.9 Å². The predicted octanol–water partition coefficient (Wildman–Crippen LogP) is 6.54. The lowest BCUT2D eigenvalue weighted by atomic mass is 10.1. The van der Waals surface area contributed by atoms with E-state index >= 15 is 0 Å². The third-order valence-electron chi connectivity index (χ3n) is 5.56. The Hall–Kier alpha value is -3.70. The van der Waals surface area contributed by atoms with Crippen LogP contribution >= 0.6 is 11.6 Å². The molecule has 2 aromatic carbocycles. The van der Waals surface area contributed by atoms with Gasteiger partial charge >= 0.3 is 0 Å². The largest absolute Gasteiger partial charge is 0.352 e. The Morgan fingerprint density at radius 2 is 1.79 bits per heavy atom. The molecular weight excluding hydrogens is 430 g/mol. The van der Waals surface area contributed by atoms with Gasteiger partial charge in [-0.2, -0.15) is 0 Å². The molecule has 5 rings (SSSR count). The molecule has 1 aliphatic heterocycles. The molecule has 164 valence electrons. The Kier molecular flexibility index (Phi) is 5.80. The minimum atomic E-state index is 0.707. The monoisotopic (exact) mass is 453 g/mol. The van der Waals surface area contributed by atoms with Crippen molar-refractivity contribution < 1.29 is 0 Å². The van der Waals surface area contributed by atoms with Crippen LogP contribution < -0.4 is 10.7 Å². The van der Waals surface area contributed by atoms with Crippen molar-refractivity contribution in [2.45, 2.75) is 20.3 Å². The summed E-state index contributed by atoms with van der Waals surface area (Å²) in [6.07, 6.45) is 2.77. The highest BCUT2D eigenvalue weighted by Crippen LogP contribution is 2.31. The van der Waals surface area contributed by atoms with E-state index in [1.54, 1.807) is 6.20 Å². The van der Waals surface area contributed by atoms with E-state index in [-0.39, 0.29) is 0 Å². The molecule has 2 heterocycles. The number of hydrogen-bond donors (Lipinski definition) is 1. The fourth-order valence-electron chi connectivity index (χ4n) is 3.93. The second-order valence-corrected chi connectivity index (χ2v) is 8.35. The summed E-state index contributed by atoms with van der Waals surface area (Å²) in [7, 11) is 0. The molecule has 1 aliphatic carbocycles. The molecule has 0 radical (unpaired) electrons. The summed E-state index contributed by atoms with van der Waals surface area (Å²) in [4.78, 5) is 14.3. The van der Waals surface area contributed by atoms with Crippen LogP contribution in [0.15, 0.2) is 84.0 Å². The first-order valence-corrected chi connectivity index (χ1v) is 11.4. The molecule has 3 aromatic rings. The first-order valence-electron chi connectivity index (χ1n) is 11.0. The lowest BCUT2D eigenvalue weighted by Gasteiger charge is -2.20. The van der Waals surface area contributed by atoms with Gasteiger partial charge in [0.25, 0.3) is 0 Å². The molecule has 0 bridgehead atoms. The molecule has 2 aliphatic rings. The van der Waals surface area contributed by atoms with Crippen molar-refractivity contribution in [3.63, 3.8) is 0 Å². The number of aromatic nitrogens is 3. The molecule has 1 N–H and O–H groups in total. The van der Waals surface area contributed by atoms with Crippen LogP contribution in [0.4, 0.5) is 11.4 Å². The van der Waals surface area contributed by atoms with Crippen LogP contribution in [-0.4, -0.2) is 21.1 Å². The van der Waals surface area contributed by atoms with E-state index in [2.05, 4.69) is 40.0 Å². The van der Waals surface area contributed by atoms with Gasteiger partial charge in [0.2, 0.25) is 0 Å². The van der Waals surface area contributed by atoms with Crippen molar-refractivity contribution in [1.29, 1.82) is 0 Å². The summed E-state index contributed by atoms with van der Waals surface area (Å²) < 4.78 is 2.22. The average molecular weight is 454 g/mol. The predicted molar refractivity (Wildman–Crippen MR) is 136 cm³/mol. The number of para-hydroxylation sites is 2. The Bertz CT molecular complexity index is 1470. The highest BCUT2D eigenvalue weighted by molar-refractivity contribution is 6.30. The van der Waals surface area contributed by atoms with Crippen LogP contribution in [0, 0.1) is 6.92 Å². The first kappa shape index (κ1) is 21.2. The number of rotatable bonds is 5. The quantitative estimate of drug-likeness (QED) is 0.307. The van der Waals surface area contributed by atoms with E-state index in [0.29, 0.717) is 5.02 Å². The fourth-order valence-corrected chi connectivity index (χ4v) is 4.06. The highest BCUT2D eigenvalue weighted by Gasteiger charge is 2.16. The molecule has 0 saturated heterocycles. The minimum absolute atomic E-state index is 0.707. The number of halogens is 1. The summed E-state index contributed by atoms with van der Waals surface area (Å²) >= 11 is 6.18. The summed E-state index contributed by atoms with van der Waals surface area (Å²) in [5, 5.41) is 5.14. The highest BCUT2D eigenvalue weighted by atomic mass is 35.5. The number of benzene rings is 3. The van der Waals surface area contributed by atoms with E-state index in [1.165, 1.54) is 0 Å². The molecule has 0 fully saturated rings. The van der Waals surface area contributed by atoms with E-state index in [0.717, 1.165) is 63.5 Å². The number of nitrogens with one attached hydrogen (secondary N) is 1. The van der Waals surface area contributed by atoms with Gasteiger partial charge in [-0.3, -0.25) is 9.98 Å². The van der Waals surface area contributed by atoms with Gasteiger partial charge in [0, 0.05) is 23.5 Å². The van der Waals surface area contributed by atoms with Crippen LogP contribution in [0.3, 0.4) is 0 Å². The number of nitrogens with zero attached hydrogens (tertiary/aromatic N) is 4. The lowest BCUT2D eigenvalue weighted by Crippen LogP contribution is -2.15. The van der Waals surface area contributed by atoms with Crippen LogP contribution in [0.2, 0.25) is 5.02 Å². The van der Waals surface area contributed by atoms with Crippen LogP contribution in [0.25, 0.3) is 28.1 Å². The number of pyridine rings is 1. The summed E-state index contributed by atoms with van der Waals surface area (Å²) in [6.45, 7) is 4.87. The van der Waals surface area contributed by atoms with Gasteiger partial charge < -0.3 is 9.88 Å². The van der Waals surface area contributed by atoms with Crippen molar-refractivity contribution in [2.24, 2.45) is 4.99 Å². The molecule has 6 heteroatoms. The maximum Gasteiger partial charge on any atom is 0.0900 e. The summed E-state index contributed by atoms with van der Waals surface area (Å²) in [5.41, 5.74) is 7.63. The number of fused-ring (bicyclic) bond motifs is 2. The maximum atomic E-state index is 6.18. The summed E-state index contributed by atoms with van der Waals surface area (Å²) in [5.74, 6) is 0. The van der Waals surface area contributed by atoms with Gasteiger partial charge in [-0.25, -0.2) is 4.98 Å². The van der Waals surface area contributed by atoms with E-state index in [9.17, 15) is 0 Å². The SMILES string of the molecule is CCCN=c1cc2n(-c3ccc(Cl)cc3)c3ccccc3nc-2cc1Nc1cccnc1C. The van der Waals surface area contributed by atoms with Gasteiger partial charge in [-0.1, -0.05) is 30.7 Å². The molecule has 1 aromatic heterocycles. The third kappa shape index (κ3) is 4.20. The van der Waals surface area contributed by atoms with Gasteiger partial charge in [-0.05, 0) is 74.0 Å². The minimum Gasteiger partial charge on any atom is -0.352 e. The molecule has 0 amide bonds. The van der Waals surface area contributed by atoms with Crippen LogP contribution in [0.5, 0.6) is 0 Å². The molecule has 5 nitrogen and oxygen atoms in total. The van der Waals surface area contributed by atoms with Gasteiger partial charge in [-0.15, -0.1) is 0 Å². The second kappa shape index (κ2) is 9.04. The molecule has 0 spiro atoms. The van der Waals surface area contributed by atoms with Gasteiger partial charge in [0.05, 0.1) is 44.8 Å². The first-order chi connectivity index (χ1) is 16.1. The van der Waals surface area contributed by atoms with Crippen LogP contribution in [0.1, 0.15) is 19.0 Å². The third-order valence-corrected chi connectivity index (χ3v) is 5.82. The zero-order valence-corrected chi connectivity index (χ0v) is 19.3. The standard InChI is InChI=1S/C27H24ClN5/c1-3-14-30-23-17-27-25(16-24(23)31-21-8-6-15-29-18(21)2)32-22-7-4-5-9-26(22)33(27)20-12-10-19(28)11-13-20/h4-13,15-17,31H,3,14H2,1-2H3. The maximum absolute atomic E-state index is 6.18. The Balaban J connectivity index is 1.81. The topological polar surface area (TPSA) is 55.1 Å². The molecule has 0 saturated carbocycles. The average Bonchev–Trinajstić information content (AvgIpc) is 2.83. The molecular formula is C27H24ClN5. The second-order valence-electron chi connectivity index (χ2n) is 7.91. The Morgan fingerprint density at radius 1 is 0.970 bits per heavy atom. The molecule has 0 unspecified atom stereocenters. The lowest BCUT2D eigenvalue weighted by molar-refractivity contribution is 0.903. The number of anilines is 2. The fraction of sp³-hybridized carbons (Fsp3) is 0.148. The van der Waals surface area contributed by atoms with Crippen molar-refractivity contribution in [3.8, 4) is 17.1 Å². The van der Waals surface area contributed by atoms with Crippen molar-refractivity contribution in [3.05, 3.63) is 95.1 Å². The molecule has 33 heavy (non-hydrogen) atoms. The smallest absolute Gasteiger partial charge is 0.0900 e. The van der Waals surface area contributed by atoms with Gasteiger partial charge in [0.1, 0.15) is 0 Å². The van der Waals surface area contributed by atoms with Gasteiger partial charge in [0.15, 0.2) is 0 Å². The molecule has 0 atom stereocenters. The van der Waals surface area contributed by atoms with E-state index < -0.39 is 0 Å². The zero-order chi connectivity index (χ0) is 22.8. The van der Waals surface area contributed by atoms with Crippen molar-refractivity contribution in [1.82, 2.24) is 14.5 Å². The van der Waals surface area contributed by atoms with E-state index in [4.69, 9.17) is 21.6 Å². The van der Waals surface area contributed by atoms with Crippen LogP contribution in [-0.2, 0) is 0 Å². The number of hydrogen-bond acceptors (Lipinski definition) is 4.